The van der Waals surface area contributed by atoms with Gasteiger partial charge in [0, 0.05) is 42.5 Å². The minimum Gasteiger partial charge on any atom is -0.396 e. The standard InChI is InChI=1S/C13H19ClN2O/c1-10-9-16(13(6-7-17)8-15-10)12-4-2-11(14)3-5-12/h2-5,10,13,15,17H,6-9H2,1H3. The molecule has 0 spiro atoms. The van der Waals surface area contributed by atoms with Gasteiger partial charge >= 0.3 is 0 Å². The highest BCUT2D eigenvalue weighted by Crippen LogP contribution is 2.23. The molecule has 4 heteroatoms. The fourth-order valence-corrected chi connectivity index (χ4v) is 2.44. The summed E-state index contributed by atoms with van der Waals surface area (Å²) < 4.78 is 0. The molecule has 0 bridgehead atoms. The highest BCUT2D eigenvalue weighted by molar-refractivity contribution is 6.30. The van der Waals surface area contributed by atoms with Crippen molar-refractivity contribution < 1.29 is 5.11 Å². The van der Waals surface area contributed by atoms with E-state index in [0.717, 1.165) is 24.5 Å². The van der Waals surface area contributed by atoms with Crippen LogP contribution in [0.25, 0.3) is 0 Å². The highest BCUT2D eigenvalue weighted by Gasteiger charge is 2.25. The minimum absolute atomic E-state index is 0.227. The van der Waals surface area contributed by atoms with Gasteiger partial charge in [-0.1, -0.05) is 11.6 Å². The van der Waals surface area contributed by atoms with Crippen molar-refractivity contribution in [3.8, 4) is 0 Å². The zero-order valence-corrected chi connectivity index (χ0v) is 10.8. The van der Waals surface area contributed by atoms with E-state index in [1.54, 1.807) is 0 Å². The molecule has 2 N–H and O–H groups in total. The fourth-order valence-electron chi connectivity index (χ4n) is 2.31. The first-order valence-corrected chi connectivity index (χ1v) is 6.45. The van der Waals surface area contributed by atoms with Crippen LogP contribution in [0.15, 0.2) is 24.3 Å². The fraction of sp³-hybridized carbons (Fsp3) is 0.538. The van der Waals surface area contributed by atoms with Gasteiger partial charge in [-0.05, 0) is 37.6 Å². The lowest BCUT2D eigenvalue weighted by molar-refractivity contribution is 0.260. The molecular formula is C13H19ClN2O. The van der Waals surface area contributed by atoms with Crippen LogP contribution in [0.5, 0.6) is 0 Å². The highest BCUT2D eigenvalue weighted by atomic mass is 35.5. The van der Waals surface area contributed by atoms with Crippen LogP contribution in [-0.4, -0.2) is 36.9 Å². The number of aliphatic hydroxyl groups is 1. The van der Waals surface area contributed by atoms with Crippen LogP contribution in [0.1, 0.15) is 13.3 Å². The third-order valence-electron chi connectivity index (χ3n) is 3.23. The van der Waals surface area contributed by atoms with Crippen molar-refractivity contribution in [3.63, 3.8) is 0 Å². The predicted molar refractivity (Wildman–Crippen MR) is 71.8 cm³/mol. The Morgan fingerprint density at radius 2 is 2.12 bits per heavy atom. The molecule has 2 rings (SSSR count). The van der Waals surface area contributed by atoms with Crippen molar-refractivity contribution in [2.24, 2.45) is 0 Å². The van der Waals surface area contributed by atoms with Gasteiger partial charge in [-0.15, -0.1) is 0 Å². The second kappa shape index (κ2) is 5.71. The smallest absolute Gasteiger partial charge is 0.0451 e. The number of halogens is 1. The molecule has 3 nitrogen and oxygen atoms in total. The van der Waals surface area contributed by atoms with Crippen LogP contribution >= 0.6 is 11.6 Å². The molecule has 94 valence electrons. The number of anilines is 1. The molecule has 0 amide bonds. The first kappa shape index (κ1) is 12.7. The van der Waals surface area contributed by atoms with Crippen molar-refractivity contribution in [2.45, 2.75) is 25.4 Å². The zero-order chi connectivity index (χ0) is 12.3. The molecule has 2 atom stereocenters. The van der Waals surface area contributed by atoms with E-state index < -0.39 is 0 Å². The third-order valence-corrected chi connectivity index (χ3v) is 3.49. The van der Waals surface area contributed by atoms with Crippen molar-refractivity contribution in [1.82, 2.24) is 5.32 Å². The maximum absolute atomic E-state index is 9.12. The summed E-state index contributed by atoms with van der Waals surface area (Å²) in [5.41, 5.74) is 1.18. The van der Waals surface area contributed by atoms with E-state index in [9.17, 15) is 0 Å². The molecule has 1 aromatic rings. The van der Waals surface area contributed by atoms with Gasteiger partial charge in [-0.25, -0.2) is 0 Å². The van der Waals surface area contributed by atoms with E-state index in [4.69, 9.17) is 16.7 Å². The Kier molecular flexibility index (Phi) is 4.26. The van der Waals surface area contributed by atoms with E-state index in [0.29, 0.717) is 12.1 Å². The number of nitrogens with zero attached hydrogens (tertiary/aromatic N) is 1. The van der Waals surface area contributed by atoms with E-state index >= 15 is 0 Å². The van der Waals surface area contributed by atoms with Crippen LogP contribution in [-0.2, 0) is 0 Å². The van der Waals surface area contributed by atoms with Crippen molar-refractivity contribution in [3.05, 3.63) is 29.3 Å². The van der Waals surface area contributed by atoms with Gasteiger partial charge in [0.15, 0.2) is 0 Å². The molecule has 0 aliphatic carbocycles. The van der Waals surface area contributed by atoms with Crippen molar-refractivity contribution in [2.75, 3.05) is 24.6 Å². The van der Waals surface area contributed by atoms with Gasteiger partial charge in [0.2, 0.25) is 0 Å². The van der Waals surface area contributed by atoms with Gasteiger partial charge in [-0.3, -0.25) is 0 Å². The summed E-state index contributed by atoms with van der Waals surface area (Å²) in [4.78, 5) is 2.35. The summed E-state index contributed by atoms with van der Waals surface area (Å²) in [6.07, 6.45) is 0.794. The van der Waals surface area contributed by atoms with E-state index in [1.807, 2.05) is 24.3 Å². The summed E-state index contributed by atoms with van der Waals surface area (Å²) >= 11 is 5.91. The van der Waals surface area contributed by atoms with Crippen LogP contribution in [0, 0.1) is 0 Å². The predicted octanol–water partition coefficient (Wildman–Crippen LogP) is 1.89. The molecule has 1 aliphatic heterocycles. The molecule has 0 saturated carbocycles. The average molecular weight is 255 g/mol. The Morgan fingerprint density at radius 3 is 2.76 bits per heavy atom. The Bertz CT molecular complexity index is 355. The number of benzene rings is 1. The summed E-state index contributed by atoms with van der Waals surface area (Å²) in [6.45, 7) is 4.29. The van der Waals surface area contributed by atoms with Gasteiger partial charge < -0.3 is 15.3 Å². The van der Waals surface area contributed by atoms with Crippen LogP contribution in [0.4, 0.5) is 5.69 Å². The summed E-state index contributed by atoms with van der Waals surface area (Å²) in [5.74, 6) is 0. The van der Waals surface area contributed by atoms with Crippen molar-refractivity contribution in [1.29, 1.82) is 0 Å². The van der Waals surface area contributed by atoms with Crippen LogP contribution in [0.2, 0.25) is 5.02 Å². The second-order valence-corrected chi connectivity index (χ2v) is 5.04. The van der Waals surface area contributed by atoms with E-state index in [1.165, 1.54) is 5.69 Å². The quantitative estimate of drug-likeness (QED) is 0.865. The summed E-state index contributed by atoms with van der Waals surface area (Å²) in [7, 11) is 0. The lowest BCUT2D eigenvalue weighted by Gasteiger charge is -2.41. The number of rotatable bonds is 3. The number of hydrogen-bond donors (Lipinski definition) is 2. The maximum Gasteiger partial charge on any atom is 0.0451 e. The lowest BCUT2D eigenvalue weighted by atomic mass is 10.1. The summed E-state index contributed by atoms with van der Waals surface area (Å²) in [6, 6.07) is 8.76. The first-order valence-electron chi connectivity index (χ1n) is 6.07. The van der Waals surface area contributed by atoms with Gasteiger partial charge in [0.25, 0.3) is 0 Å². The Morgan fingerprint density at radius 1 is 1.41 bits per heavy atom. The minimum atomic E-state index is 0.227. The molecule has 0 aromatic heterocycles. The van der Waals surface area contributed by atoms with Crippen molar-refractivity contribution >= 4 is 17.3 Å². The monoisotopic (exact) mass is 254 g/mol. The number of piperazine rings is 1. The largest absolute Gasteiger partial charge is 0.396 e. The van der Waals surface area contributed by atoms with Gasteiger partial charge in [-0.2, -0.15) is 0 Å². The third kappa shape index (κ3) is 3.12. The SMILES string of the molecule is CC1CN(c2ccc(Cl)cc2)C(CCO)CN1. The Hall–Kier alpha value is -0.770. The average Bonchev–Trinajstić information content (AvgIpc) is 2.33. The summed E-state index contributed by atoms with van der Waals surface area (Å²) in [5, 5.41) is 13.3. The molecule has 17 heavy (non-hydrogen) atoms. The van der Waals surface area contributed by atoms with E-state index in [2.05, 4.69) is 17.1 Å². The number of nitrogens with one attached hydrogen (secondary N) is 1. The van der Waals surface area contributed by atoms with Gasteiger partial charge in [0.1, 0.15) is 0 Å². The topological polar surface area (TPSA) is 35.5 Å². The number of hydrogen-bond acceptors (Lipinski definition) is 3. The first-order chi connectivity index (χ1) is 8.20. The van der Waals surface area contributed by atoms with E-state index in [-0.39, 0.29) is 6.61 Å². The van der Waals surface area contributed by atoms with Crippen LogP contribution in [0.3, 0.4) is 0 Å². The molecule has 1 heterocycles. The second-order valence-electron chi connectivity index (χ2n) is 4.60. The Labute approximate surface area is 107 Å². The molecule has 1 aliphatic rings. The normalized spacial score (nSPS) is 25.0. The van der Waals surface area contributed by atoms with Gasteiger partial charge in [0.05, 0.1) is 0 Å². The molecule has 0 radical (unpaired) electrons. The maximum atomic E-state index is 9.12. The molecule has 1 aromatic carbocycles. The molecular weight excluding hydrogens is 236 g/mol. The molecule has 1 saturated heterocycles. The Balaban J connectivity index is 2.16. The van der Waals surface area contributed by atoms with Crippen LogP contribution < -0.4 is 10.2 Å². The zero-order valence-electron chi connectivity index (χ0n) is 10.1. The lowest BCUT2D eigenvalue weighted by Crippen LogP contribution is -2.56. The molecule has 1 fully saturated rings. The number of aliphatic hydroxyl groups excluding tert-OH is 1. The molecule has 2 unspecified atom stereocenters.